The minimum absolute atomic E-state index is 0.131. The Morgan fingerprint density at radius 2 is 1.86 bits per heavy atom. The maximum absolute atomic E-state index is 15.0. The second-order valence-corrected chi connectivity index (χ2v) is 8.90. The molecule has 35 heavy (non-hydrogen) atoms. The van der Waals surface area contributed by atoms with Crippen molar-refractivity contribution in [2.45, 2.75) is 19.9 Å². The van der Waals surface area contributed by atoms with Crippen molar-refractivity contribution in [2.24, 2.45) is 0 Å². The zero-order chi connectivity index (χ0) is 24.7. The Morgan fingerprint density at radius 1 is 1.11 bits per heavy atom. The molecule has 1 amide bonds. The number of imidazole rings is 1. The molecule has 5 rings (SSSR count). The van der Waals surface area contributed by atoms with Crippen molar-refractivity contribution < 1.29 is 23.8 Å². The van der Waals surface area contributed by atoms with E-state index in [9.17, 15) is 14.7 Å². The summed E-state index contributed by atoms with van der Waals surface area (Å²) in [4.78, 5) is 34.6. The molecule has 4 heterocycles. The third-order valence-corrected chi connectivity index (χ3v) is 6.74. The molecule has 182 valence electrons. The van der Waals surface area contributed by atoms with Gasteiger partial charge in [-0.15, -0.1) is 0 Å². The minimum atomic E-state index is -1.05. The van der Waals surface area contributed by atoms with Crippen LogP contribution in [0, 0.1) is 19.7 Å². The molecule has 0 aliphatic carbocycles. The van der Waals surface area contributed by atoms with Gasteiger partial charge in [-0.1, -0.05) is 24.3 Å². The number of benzene rings is 1. The highest BCUT2D eigenvalue weighted by molar-refractivity contribution is 6.46. The van der Waals surface area contributed by atoms with E-state index in [1.165, 1.54) is 11.0 Å². The van der Waals surface area contributed by atoms with Gasteiger partial charge < -0.3 is 14.7 Å². The number of hydrogen-bond donors (Lipinski definition) is 1. The lowest BCUT2D eigenvalue weighted by atomic mass is 9.96. The average Bonchev–Trinajstić information content (AvgIpc) is 3.32. The molecule has 2 saturated heterocycles. The minimum Gasteiger partial charge on any atom is -0.505 e. The number of aromatic nitrogens is 2. The highest BCUT2D eigenvalue weighted by atomic mass is 19.1. The lowest BCUT2D eigenvalue weighted by Gasteiger charge is -2.31. The van der Waals surface area contributed by atoms with E-state index >= 15 is 4.39 Å². The van der Waals surface area contributed by atoms with Gasteiger partial charge in [0.05, 0.1) is 30.5 Å². The molecule has 0 radical (unpaired) electrons. The summed E-state index contributed by atoms with van der Waals surface area (Å²) in [6, 6.07) is 8.71. The summed E-state index contributed by atoms with van der Waals surface area (Å²) in [5, 5.41) is 11.5. The van der Waals surface area contributed by atoms with Crippen LogP contribution in [0.4, 0.5) is 4.39 Å². The summed E-state index contributed by atoms with van der Waals surface area (Å²) in [5.74, 6) is -2.50. The van der Waals surface area contributed by atoms with Gasteiger partial charge in [-0.05, 0) is 31.5 Å². The van der Waals surface area contributed by atoms with E-state index in [0.29, 0.717) is 49.9 Å². The van der Waals surface area contributed by atoms with Crippen LogP contribution in [0.15, 0.2) is 48.2 Å². The molecule has 0 spiro atoms. The first-order valence-electron chi connectivity index (χ1n) is 11.7. The summed E-state index contributed by atoms with van der Waals surface area (Å²) in [6.07, 6.45) is 1.74. The van der Waals surface area contributed by atoms with E-state index in [-0.39, 0.29) is 23.4 Å². The third-order valence-electron chi connectivity index (χ3n) is 6.74. The Morgan fingerprint density at radius 3 is 2.60 bits per heavy atom. The van der Waals surface area contributed by atoms with Gasteiger partial charge >= 0.3 is 0 Å². The molecule has 9 heteroatoms. The SMILES string of the molecule is Cc1nc2c(C)cccn2c1/C(O)=C1\C(=O)C(=O)N(CCN2CCOCC2)C1c1ccccc1F. The molecule has 8 nitrogen and oxygen atoms in total. The van der Waals surface area contributed by atoms with Crippen LogP contribution in [-0.2, 0) is 14.3 Å². The summed E-state index contributed by atoms with van der Waals surface area (Å²) in [6.45, 7) is 6.98. The van der Waals surface area contributed by atoms with Gasteiger partial charge in [0, 0.05) is 37.9 Å². The topological polar surface area (TPSA) is 87.4 Å². The fraction of sp³-hybridized carbons (Fsp3) is 0.346. The maximum atomic E-state index is 15.0. The van der Waals surface area contributed by atoms with Gasteiger partial charge in [-0.3, -0.25) is 18.9 Å². The van der Waals surface area contributed by atoms with Crippen molar-refractivity contribution in [2.75, 3.05) is 39.4 Å². The van der Waals surface area contributed by atoms with Gasteiger partial charge in [0.15, 0.2) is 5.76 Å². The van der Waals surface area contributed by atoms with Crippen LogP contribution in [0.3, 0.4) is 0 Å². The molecule has 1 N–H and O–H groups in total. The zero-order valence-electron chi connectivity index (χ0n) is 19.7. The van der Waals surface area contributed by atoms with E-state index in [1.54, 1.807) is 35.7 Å². The van der Waals surface area contributed by atoms with Gasteiger partial charge in [0.25, 0.3) is 11.7 Å². The molecule has 0 bridgehead atoms. The van der Waals surface area contributed by atoms with E-state index in [2.05, 4.69) is 9.88 Å². The van der Waals surface area contributed by atoms with Gasteiger partial charge in [-0.2, -0.15) is 0 Å². The van der Waals surface area contributed by atoms with Crippen LogP contribution in [0.5, 0.6) is 0 Å². The number of pyridine rings is 1. The first kappa shape index (κ1) is 23.2. The molecule has 2 fully saturated rings. The lowest BCUT2D eigenvalue weighted by molar-refractivity contribution is -0.140. The van der Waals surface area contributed by atoms with Crippen LogP contribution < -0.4 is 0 Å². The molecule has 3 aromatic rings. The Hall–Kier alpha value is -3.56. The third kappa shape index (κ3) is 4.00. The number of morpholine rings is 1. The standard InChI is InChI=1S/C26H27FN4O4/c1-16-6-5-9-30-21(17(2)28-25(16)30)23(32)20-22(18-7-3-4-8-19(18)27)31(26(34)24(20)33)11-10-29-12-14-35-15-13-29/h3-9,22,32H,10-15H2,1-2H3/b23-20+. The van der Waals surface area contributed by atoms with Crippen molar-refractivity contribution >= 4 is 23.1 Å². The highest BCUT2D eigenvalue weighted by Crippen LogP contribution is 2.40. The first-order chi connectivity index (χ1) is 16.9. The Balaban J connectivity index is 1.64. The average molecular weight is 479 g/mol. The second kappa shape index (κ2) is 9.24. The Bertz CT molecular complexity index is 1340. The summed E-state index contributed by atoms with van der Waals surface area (Å²) < 4.78 is 22.1. The smallest absolute Gasteiger partial charge is 0.295 e. The number of carbonyl (C=O) groups is 2. The predicted molar refractivity (Wildman–Crippen MR) is 127 cm³/mol. The number of fused-ring (bicyclic) bond motifs is 1. The van der Waals surface area contributed by atoms with Crippen molar-refractivity contribution in [3.63, 3.8) is 0 Å². The molecule has 2 aromatic heterocycles. The van der Waals surface area contributed by atoms with E-state index in [4.69, 9.17) is 4.74 Å². The normalized spacial score (nSPS) is 20.8. The molecule has 2 aliphatic heterocycles. The van der Waals surface area contributed by atoms with E-state index < -0.39 is 23.5 Å². The van der Waals surface area contributed by atoms with Crippen LogP contribution in [0.1, 0.15) is 28.6 Å². The van der Waals surface area contributed by atoms with Crippen molar-refractivity contribution in [3.8, 4) is 0 Å². The van der Waals surface area contributed by atoms with Crippen LogP contribution in [0.25, 0.3) is 11.4 Å². The molecule has 1 aromatic carbocycles. The van der Waals surface area contributed by atoms with Crippen molar-refractivity contribution in [1.82, 2.24) is 19.2 Å². The number of aliphatic hydroxyl groups excluding tert-OH is 1. The number of amides is 1. The number of aliphatic hydroxyl groups is 1. The summed E-state index contributed by atoms with van der Waals surface area (Å²) >= 11 is 0. The summed E-state index contributed by atoms with van der Waals surface area (Å²) in [5.41, 5.74) is 2.38. The van der Waals surface area contributed by atoms with E-state index in [1.807, 2.05) is 19.1 Å². The highest BCUT2D eigenvalue weighted by Gasteiger charge is 2.47. The number of hydrogen-bond acceptors (Lipinski definition) is 6. The Kier molecular flexibility index (Phi) is 6.12. The monoisotopic (exact) mass is 478 g/mol. The number of likely N-dealkylation sites (tertiary alicyclic amines) is 1. The number of rotatable bonds is 5. The zero-order valence-corrected chi connectivity index (χ0v) is 19.7. The van der Waals surface area contributed by atoms with E-state index in [0.717, 1.165) is 5.56 Å². The van der Waals surface area contributed by atoms with Gasteiger partial charge in [0.2, 0.25) is 0 Å². The number of Topliss-reactive ketones (excluding diaryl/α,β-unsaturated/α-hetero) is 1. The van der Waals surface area contributed by atoms with Gasteiger partial charge in [-0.25, -0.2) is 9.37 Å². The molecular formula is C26H27FN4O4. The number of halogens is 1. The fourth-order valence-corrected chi connectivity index (χ4v) is 4.93. The molecule has 0 saturated carbocycles. The molecule has 1 unspecified atom stereocenters. The van der Waals surface area contributed by atoms with Crippen LogP contribution >= 0.6 is 0 Å². The van der Waals surface area contributed by atoms with Crippen LogP contribution in [0.2, 0.25) is 0 Å². The van der Waals surface area contributed by atoms with Crippen molar-refractivity contribution in [3.05, 3.63) is 76.5 Å². The summed E-state index contributed by atoms with van der Waals surface area (Å²) in [7, 11) is 0. The predicted octanol–water partition coefficient (Wildman–Crippen LogP) is 2.84. The number of carbonyl (C=O) groups excluding carboxylic acids is 2. The second-order valence-electron chi connectivity index (χ2n) is 8.90. The number of aryl methyl sites for hydroxylation is 2. The Labute approximate surface area is 202 Å². The molecule has 1 atom stereocenters. The number of ether oxygens (including phenoxy) is 1. The quantitative estimate of drug-likeness (QED) is 0.345. The lowest BCUT2D eigenvalue weighted by Crippen LogP contribution is -2.42. The van der Waals surface area contributed by atoms with Crippen LogP contribution in [-0.4, -0.2) is 75.4 Å². The molecule has 2 aliphatic rings. The fourth-order valence-electron chi connectivity index (χ4n) is 4.93. The maximum Gasteiger partial charge on any atom is 0.295 e. The molecular weight excluding hydrogens is 451 g/mol. The number of ketones is 1. The van der Waals surface area contributed by atoms with Crippen molar-refractivity contribution in [1.29, 1.82) is 0 Å². The number of nitrogens with zero attached hydrogens (tertiary/aromatic N) is 4. The first-order valence-corrected chi connectivity index (χ1v) is 11.7. The van der Waals surface area contributed by atoms with Gasteiger partial charge in [0.1, 0.15) is 17.2 Å². The largest absolute Gasteiger partial charge is 0.505 e.